The zero-order valence-corrected chi connectivity index (χ0v) is 17.8. The third kappa shape index (κ3) is 4.29. The molecule has 0 fully saturated rings. The molecule has 0 atom stereocenters. The maximum Gasteiger partial charge on any atom is 0.404 e. The molecule has 0 bridgehead atoms. The number of nitrogens with zero attached hydrogens (tertiary/aromatic N) is 2. The third-order valence-electron chi connectivity index (χ3n) is 5.39. The normalized spacial score (nSPS) is 10.8. The first-order valence-electron chi connectivity index (χ1n) is 10.1. The van der Waals surface area contributed by atoms with Gasteiger partial charge in [0.25, 0.3) is 5.91 Å². The van der Waals surface area contributed by atoms with E-state index >= 15 is 0 Å². The summed E-state index contributed by atoms with van der Waals surface area (Å²) in [5.74, 6) is -0.210. The number of amides is 2. The number of H-pyrrole nitrogens is 1. The van der Waals surface area contributed by atoms with E-state index in [1.54, 1.807) is 6.92 Å². The number of benzene rings is 2. The van der Waals surface area contributed by atoms with Gasteiger partial charge in [0, 0.05) is 34.9 Å². The Kier molecular flexibility index (Phi) is 5.85. The number of fused-ring (bicyclic) bond motifs is 1. The highest BCUT2D eigenvalue weighted by Gasteiger charge is 2.15. The van der Waals surface area contributed by atoms with E-state index in [2.05, 4.69) is 26.3 Å². The van der Waals surface area contributed by atoms with E-state index in [4.69, 9.17) is 10.5 Å². The number of ether oxygens (including phenoxy) is 1. The highest BCUT2D eigenvalue weighted by Crippen LogP contribution is 2.32. The fourth-order valence-corrected chi connectivity index (χ4v) is 3.68. The van der Waals surface area contributed by atoms with E-state index in [0.717, 1.165) is 38.9 Å². The molecule has 8 nitrogen and oxygen atoms in total. The van der Waals surface area contributed by atoms with E-state index in [1.807, 2.05) is 43.3 Å². The molecule has 162 valence electrons. The SMILES string of the molecule is Cc1ncncc1C(=O)NCc1ccc2[nH]c(-c3ccccc3COC(N)=O)c(C)c2c1. The number of carbonyl (C=O) groups is 2. The quantitative estimate of drug-likeness (QED) is 0.431. The average molecular weight is 429 g/mol. The topological polar surface area (TPSA) is 123 Å². The van der Waals surface area contributed by atoms with Crippen molar-refractivity contribution < 1.29 is 14.3 Å². The van der Waals surface area contributed by atoms with Crippen molar-refractivity contribution in [2.45, 2.75) is 27.0 Å². The van der Waals surface area contributed by atoms with Crippen molar-refractivity contribution in [2.75, 3.05) is 0 Å². The van der Waals surface area contributed by atoms with E-state index in [0.29, 0.717) is 17.8 Å². The van der Waals surface area contributed by atoms with Gasteiger partial charge in [0.15, 0.2) is 0 Å². The first kappa shape index (κ1) is 21.0. The van der Waals surface area contributed by atoms with Gasteiger partial charge in [-0.1, -0.05) is 30.3 Å². The Morgan fingerprint density at radius 2 is 1.97 bits per heavy atom. The van der Waals surface area contributed by atoms with Gasteiger partial charge in [0.1, 0.15) is 12.9 Å². The Hall–Kier alpha value is -4.20. The molecule has 0 radical (unpaired) electrons. The standard InChI is InChI=1S/C24H23N5O3/c1-14-19-9-16(10-27-23(30)20-11-26-13-28-15(20)2)7-8-21(19)29-22(14)18-6-4-3-5-17(18)12-32-24(25)31/h3-9,11,13,29H,10,12H2,1-2H3,(H2,25,31)(H,27,30). The zero-order valence-electron chi connectivity index (χ0n) is 17.8. The number of hydrogen-bond donors (Lipinski definition) is 3. The summed E-state index contributed by atoms with van der Waals surface area (Å²) in [5.41, 5.74) is 12.0. The van der Waals surface area contributed by atoms with E-state index in [1.165, 1.54) is 12.5 Å². The molecule has 0 aliphatic rings. The van der Waals surface area contributed by atoms with Crippen LogP contribution in [0.15, 0.2) is 55.0 Å². The molecule has 8 heteroatoms. The van der Waals surface area contributed by atoms with Crippen LogP contribution in [0, 0.1) is 13.8 Å². The lowest BCUT2D eigenvalue weighted by molar-refractivity contribution is 0.0949. The van der Waals surface area contributed by atoms with Crippen LogP contribution in [0.5, 0.6) is 0 Å². The van der Waals surface area contributed by atoms with Crippen LogP contribution >= 0.6 is 0 Å². The fourth-order valence-electron chi connectivity index (χ4n) is 3.68. The summed E-state index contributed by atoms with van der Waals surface area (Å²) in [6, 6.07) is 13.7. The number of primary amides is 1. The van der Waals surface area contributed by atoms with Gasteiger partial charge in [0.05, 0.1) is 11.3 Å². The lowest BCUT2D eigenvalue weighted by Crippen LogP contribution is -2.24. The van der Waals surface area contributed by atoms with E-state index < -0.39 is 6.09 Å². The summed E-state index contributed by atoms with van der Waals surface area (Å²) < 4.78 is 5.00. The Labute approximate surface area is 184 Å². The zero-order chi connectivity index (χ0) is 22.7. The van der Waals surface area contributed by atoms with E-state index in [-0.39, 0.29) is 12.5 Å². The molecule has 4 N–H and O–H groups in total. The number of aromatic nitrogens is 3. The number of nitrogens with two attached hydrogens (primary N) is 1. The lowest BCUT2D eigenvalue weighted by atomic mass is 10.0. The number of hydrogen-bond acceptors (Lipinski definition) is 5. The van der Waals surface area contributed by atoms with Crippen LogP contribution in [0.4, 0.5) is 4.79 Å². The molecule has 0 unspecified atom stereocenters. The molecule has 4 aromatic rings. The Morgan fingerprint density at radius 3 is 2.75 bits per heavy atom. The van der Waals surface area contributed by atoms with Gasteiger partial charge < -0.3 is 20.8 Å². The molecule has 0 saturated heterocycles. The molecule has 0 spiro atoms. The molecular weight excluding hydrogens is 406 g/mol. The first-order chi connectivity index (χ1) is 15.4. The minimum atomic E-state index is -0.808. The largest absolute Gasteiger partial charge is 0.445 e. The van der Waals surface area contributed by atoms with Crippen LogP contribution in [-0.4, -0.2) is 27.0 Å². The Balaban J connectivity index is 1.59. The monoisotopic (exact) mass is 429 g/mol. The van der Waals surface area contributed by atoms with Crippen molar-refractivity contribution >= 4 is 22.9 Å². The van der Waals surface area contributed by atoms with Gasteiger partial charge in [-0.3, -0.25) is 4.79 Å². The fraction of sp³-hybridized carbons (Fsp3) is 0.167. The second-order valence-corrected chi connectivity index (χ2v) is 7.47. The van der Waals surface area contributed by atoms with Crippen LogP contribution in [0.1, 0.15) is 32.7 Å². The van der Waals surface area contributed by atoms with Crippen molar-refractivity contribution in [3.05, 3.63) is 82.9 Å². The van der Waals surface area contributed by atoms with Gasteiger partial charge in [-0.25, -0.2) is 14.8 Å². The predicted octanol–water partition coefficient (Wildman–Crippen LogP) is 3.77. The molecule has 2 aromatic heterocycles. The lowest BCUT2D eigenvalue weighted by Gasteiger charge is -2.09. The molecule has 0 saturated carbocycles. The molecule has 32 heavy (non-hydrogen) atoms. The second kappa shape index (κ2) is 8.89. The summed E-state index contributed by atoms with van der Waals surface area (Å²) in [6.07, 6.45) is 2.13. The summed E-state index contributed by atoms with van der Waals surface area (Å²) in [7, 11) is 0. The van der Waals surface area contributed by atoms with Crippen molar-refractivity contribution in [3.8, 4) is 11.3 Å². The highest BCUT2D eigenvalue weighted by molar-refractivity contribution is 5.95. The minimum Gasteiger partial charge on any atom is -0.445 e. The second-order valence-electron chi connectivity index (χ2n) is 7.47. The number of nitrogens with one attached hydrogen (secondary N) is 2. The smallest absolute Gasteiger partial charge is 0.404 e. The maximum atomic E-state index is 12.5. The van der Waals surface area contributed by atoms with Gasteiger partial charge in [-0.2, -0.15) is 0 Å². The first-order valence-corrected chi connectivity index (χ1v) is 10.1. The molecule has 2 amide bonds. The van der Waals surface area contributed by atoms with Gasteiger partial charge in [-0.15, -0.1) is 0 Å². The molecule has 4 rings (SSSR count). The summed E-state index contributed by atoms with van der Waals surface area (Å²) in [5, 5.41) is 3.98. The van der Waals surface area contributed by atoms with Gasteiger partial charge in [0.2, 0.25) is 0 Å². The van der Waals surface area contributed by atoms with Crippen LogP contribution in [0.25, 0.3) is 22.2 Å². The molecule has 2 aromatic carbocycles. The molecule has 2 heterocycles. The highest BCUT2D eigenvalue weighted by atomic mass is 16.5. The molecule has 0 aliphatic carbocycles. The third-order valence-corrected chi connectivity index (χ3v) is 5.39. The summed E-state index contributed by atoms with van der Waals surface area (Å²) >= 11 is 0. The van der Waals surface area contributed by atoms with Crippen LogP contribution < -0.4 is 11.1 Å². The average Bonchev–Trinajstić information content (AvgIpc) is 3.12. The number of carbonyl (C=O) groups excluding carboxylic acids is 2. The van der Waals surface area contributed by atoms with Gasteiger partial charge in [-0.05, 0) is 42.7 Å². The number of aromatic amines is 1. The number of rotatable bonds is 6. The Morgan fingerprint density at radius 1 is 1.16 bits per heavy atom. The maximum absolute atomic E-state index is 12.5. The molecular formula is C24H23N5O3. The summed E-state index contributed by atoms with van der Waals surface area (Å²) in [6.45, 7) is 4.29. The van der Waals surface area contributed by atoms with Crippen LogP contribution in [0.3, 0.4) is 0 Å². The van der Waals surface area contributed by atoms with Crippen LogP contribution in [-0.2, 0) is 17.9 Å². The van der Waals surface area contributed by atoms with Crippen molar-refractivity contribution in [1.29, 1.82) is 0 Å². The minimum absolute atomic E-state index is 0.0974. The van der Waals surface area contributed by atoms with Crippen molar-refractivity contribution in [1.82, 2.24) is 20.3 Å². The number of aryl methyl sites for hydroxylation is 2. The molecule has 0 aliphatic heterocycles. The van der Waals surface area contributed by atoms with Gasteiger partial charge >= 0.3 is 6.09 Å². The summed E-state index contributed by atoms with van der Waals surface area (Å²) in [4.78, 5) is 34.9. The Bertz CT molecular complexity index is 1310. The van der Waals surface area contributed by atoms with E-state index in [9.17, 15) is 9.59 Å². The predicted molar refractivity (Wildman–Crippen MR) is 121 cm³/mol. The van der Waals surface area contributed by atoms with Crippen molar-refractivity contribution in [2.24, 2.45) is 5.73 Å². The van der Waals surface area contributed by atoms with Crippen molar-refractivity contribution in [3.63, 3.8) is 0 Å². The van der Waals surface area contributed by atoms with Crippen LogP contribution in [0.2, 0.25) is 0 Å².